The first-order valence-electron chi connectivity index (χ1n) is 5.48. The molecule has 1 aliphatic heterocycles. The second-order valence-corrected chi connectivity index (χ2v) is 8.01. The highest BCUT2D eigenvalue weighted by Gasteiger charge is 2.17. The summed E-state index contributed by atoms with van der Waals surface area (Å²) in [5.41, 5.74) is 0. The minimum absolute atomic E-state index is 0.553. The van der Waals surface area contributed by atoms with Crippen LogP contribution in [0.25, 0.3) is 0 Å². The van der Waals surface area contributed by atoms with Gasteiger partial charge in [0.05, 0.1) is 0 Å². The molecule has 0 saturated carbocycles. The molecule has 1 saturated heterocycles. The Kier molecular flexibility index (Phi) is 4.58. The normalized spacial score (nSPS) is 25.9. The van der Waals surface area contributed by atoms with Gasteiger partial charge in [0.2, 0.25) is 0 Å². The molecule has 2 nitrogen and oxygen atoms in total. The van der Waals surface area contributed by atoms with Crippen LogP contribution in [0.3, 0.4) is 0 Å². The number of nitrogens with one attached hydrogen (secondary N) is 1. The van der Waals surface area contributed by atoms with Crippen molar-refractivity contribution in [3.63, 3.8) is 0 Å². The predicted molar refractivity (Wildman–Crippen MR) is 74.5 cm³/mol. The van der Waals surface area contributed by atoms with Crippen molar-refractivity contribution in [2.75, 3.05) is 11.5 Å². The van der Waals surface area contributed by atoms with Gasteiger partial charge >= 0.3 is 0 Å². The van der Waals surface area contributed by atoms with Gasteiger partial charge in [0.25, 0.3) is 0 Å². The van der Waals surface area contributed by atoms with Crippen molar-refractivity contribution in [1.29, 1.82) is 0 Å². The number of rotatable bonds is 3. The lowest BCUT2D eigenvalue weighted by molar-refractivity contribution is 0.477. The van der Waals surface area contributed by atoms with Crippen LogP contribution in [0.5, 0.6) is 0 Å². The summed E-state index contributed by atoms with van der Waals surface area (Å²) in [4.78, 5) is 2.71. The lowest BCUT2D eigenvalue weighted by atomic mass is 10.1. The molecule has 0 bridgehead atoms. The van der Waals surface area contributed by atoms with E-state index in [0.717, 1.165) is 30.9 Å². The van der Waals surface area contributed by atoms with E-state index in [9.17, 15) is 4.21 Å². The largest absolute Gasteiger partial charge is 0.309 e. The minimum Gasteiger partial charge on any atom is -0.309 e. The van der Waals surface area contributed by atoms with Gasteiger partial charge < -0.3 is 5.32 Å². The van der Waals surface area contributed by atoms with Crippen molar-refractivity contribution in [3.8, 4) is 0 Å². The fourth-order valence-corrected chi connectivity index (χ4v) is 4.70. The molecule has 0 radical (unpaired) electrons. The van der Waals surface area contributed by atoms with Gasteiger partial charge in [-0.25, -0.2) is 0 Å². The van der Waals surface area contributed by atoms with E-state index >= 15 is 0 Å². The smallest absolute Gasteiger partial charge is 0.0314 e. The third kappa shape index (κ3) is 3.39. The Morgan fingerprint density at radius 1 is 1.56 bits per heavy atom. The molecule has 1 aromatic heterocycles. The highest BCUT2D eigenvalue weighted by Crippen LogP contribution is 2.26. The molecule has 0 unspecified atom stereocenters. The highest BCUT2D eigenvalue weighted by atomic mass is 79.9. The van der Waals surface area contributed by atoms with E-state index in [-0.39, 0.29) is 0 Å². The molecular weight excluding hydrogens is 306 g/mol. The molecule has 2 heterocycles. The maximum atomic E-state index is 11.2. The van der Waals surface area contributed by atoms with Crippen LogP contribution < -0.4 is 5.32 Å². The van der Waals surface area contributed by atoms with E-state index in [2.05, 4.69) is 34.2 Å². The molecule has 1 N–H and O–H groups in total. The first kappa shape index (κ1) is 12.7. The molecule has 0 spiro atoms. The van der Waals surface area contributed by atoms with Crippen molar-refractivity contribution in [2.45, 2.75) is 32.4 Å². The summed E-state index contributed by atoms with van der Waals surface area (Å²) in [5, 5.41) is 3.55. The van der Waals surface area contributed by atoms with Gasteiger partial charge in [-0.2, -0.15) is 0 Å². The summed E-state index contributed by atoms with van der Waals surface area (Å²) in [5.74, 6) is 1.73. The van der Waals surface area contributed by atoms with Gasteiger partial charge in [0, 0.05) is 49.1 Å². The SMILES string of the molecule is Cc1sc(CNC2CCS(=O)CC2)cc1Br. The van der Waals surface area contributed by atoms with Gasteiger partial charge in [0.1, 0.15) is 0 Å². The Balaban J connectivity index is 1.81. The fourth-order valence-electron chi connectivity index (χ4n) is 1.85. The summed E-state index contributed by atoms with van der Waals surface area (Å²) < 4.78 is 12.4. The van der Waals surface area contributed by atoms with Crippen molar-refractivity contribution < 1.29 is 4.21 Å². The minimum atomic E-state index is -0.553. The van der Waals surface area contributed by atoms with Crippen molar-refractivity contribution in [2.24, 2.45) is 0 Å². The van der Waals surface area contributed by atoms with Gasteiger partial charge in [0.15, 0.2) is 0 Å². The number of aryl methyl sites for hydroxylation is 1. The summed E-state index contributed by atoms with van der Waals surface area (Å²) >= 11 is 5.37. The fraction of sp³-hybridized carbons (Fsp3) is 0.636. The molecule has 5 heteroatoms. The average Bonchev–Trinajstić information content (AvgIpc) is 2.58. The van der Waals surface area contributed by atoms with E-state index in [1.807, 2.05) is 11.3 Å². The van der Waals surface area contributed by atoms with Crippen molar-refractivity contribution in [1.82, 2.24) is 5.32 Å². The van der Waals surface area contributed by atoms with Crippen LogP contribution in [0.4, 0.5) is 0 Å². The topological polar surface area (TPSA) is 29.1 Å². The summed E-state index contributed by atoms with van der Waals surface area (Å²) in [7, 11) is -0.553. The zero-order valence-electron chi connectivity index (χ0n) is 9.29. The van der Waals surface area contributed by atoms with E-state index in [1.165, 1.54) is 14.2 Å². The van der Waals surface area contributed by atoms with Crippen LogP contribution >= 0.6 is 27.3 Å². The third-order valence-electron chi connectivity index (χ3n) is 2.86. The summed E-state index contributed by atoms with van der Waals surface area (Å²) in [6.07, 6.45) is 2.11. The first-order chi connectivity index (χ1) is 7.65. The molecule has 0 aliphatic carbocycles. The van der Waals surface area contributed by atoms with E-state index < -0.39 is 10.8 Å². The quantitative estimate of drug-likeness (QED) is 0.927. The van der Waals surface area contributed by atoms with Crippen LogP contribution in [0.15, 0.2) is 10.5 Å². The van der Waals surface area contributed by atoms with E-state index in [4.69, 9.17) is 0 Å². The van der Waals surface area contributed by atoms with Gasteiger partial charge in [-0.1, -0.05) is 0 Å². The Bertz CT molecular complexity index is 362. The van der Waals surface area contributed by atoms with Gasteiger partial charge in [-0.3, -0.25) is 4.21 Å². The Labute approximate surface area is 111 Å². The second-order valence-electron chi connectivity index (χ2n) is 4.12. The van der Waals surface area contributed by atoms with E-state index in [0.29, 0.717) is 6.04 Å². The molecule has 0 atom stereocenters. The zero-order chi connectivity index (χ0) is 11.5. The average molecular weight is 322 g/mol. The molecular formula is C11H16BrNOS2. The summed E-state index contributed by atoms with van der Waals surface area (Å²) in [6.45, 7) is 3.07. The molecule has 1 aliphatic rings. The Morgan fingerprint density at radius 3 is 2.81 bits per heavy atom. The predicted octanol–water partition coefficient (Wildman–Crippen LogP) is 2.82. The van der Waals surface area contributed by atoms with Crippen molar-refractivity contribution in [3.05, 3.63) is 20.3 Å². The van der Waals surface area contributed by atoms with Crippen LogP contribution in [0, 0.1) is 6.92 Å². The van der Waals surface area contributed by atoms with E-state index in [1.54, 1.807) is 0 Å². The molecule has 0 amide bonds. The number of thiophene rings is 1. The van der Waals surface area contributed by atoms with Crippen molar-refractivity contribution >= 4 is 38.1 Å². The number of halogens is 1. The third-order valence-corrected chi connectivity index (χ3v) is 6.38. The molecule has 2 rings (SSSR count). The lowest BCUT2D eigenvalue weighted by Gasteiger charge is -2.22. The Hall–Kier alpha value is 0.290. The molecule has 0 aromatic carbocycles. The maximum Gasteiger partial charge on any atom is 0.0314 e. The monoisotopic (exact) mass is 321 g/mol. The second kappa shape index (κ2) is 5.76. The molecule has 1 aromatic rings. The van der Waals surface area contributed by atoms with Gasteiger partial charge in [-0.15, -0.1) is 11.3 Å². The molecule has 90 valence electrons. The molecule has 1 fully saturated rings. The zero-order valence-corrected chi connectivity index (χ0v) is 12.5. The number of hydrogen-bond donors (Lipinski definition) is 1. The first-order valence-corrected chi connectivity index (χ1v) is 8.58. The standard InChI is InChI=1S/C11H16BrNOS2/c1-8-11(12)6-10(15-8)7-13-9-2-4-16(14)5-3-9/h6,9,13H,2-5,7H2,1H3. The van der Waals surface area contributed by atoms with Crippen LogP contribution in [-0.2, 0) is 17.3 Å². The van der Waals surface area contributed by atoms with Crippen LogP contribution in [-0.4, -0.2) is 21.8 Å². The lowest BCUT2D eigenvalue weighted by Crippen LogP contribution is -2.35. The summed E-state index contributed by atoms with van der Waals surface area (Å²) in [6, 6.07) is 2.74. The van der Waals surface area contributed by atoms with Crippen LogP contribution in [0.1, 0.15) is 22.6 Å². The maximum absolute atomic E-state index is 11.2. The van der Waals surface area contributed by atoms with Crippen LogP contribution in [0.2, 0.25) is 0 Å². The highest BCUT2D eigenvalue weighted by molar-refractivity contribution is 9.10. The molecule has 16 heavy (non-hydrogen) atoms. The van der Waals surface area contributed by atoms with Gasteiger partial charge in [-0.05, 0) is 41.8 Å². The Morgan fingerprint density at radius 2 is 2.25 bits per heavy atom. The number of hydrogen-bond acceptors (Lipinski definition) is 3.